The zero-order valence-electron chi connectivity index (χ0n) is 14.3. The molecule has 4 rings (SSSR count). The smallest absolute Gasteiger partial charge is 0.227 e. The molecule has 132 valence electrons. The molecule has 0 spiro atoms. The summed E-state index contributed by atoms with van der Waals surface area (Å²) in [7, 11) is 0. The van der Waals surface area contributed by atoms with Gasteiger partial charge in [0.2, 0.25) is 5.91 Å². The Morgan fingerprint density at radius 2 is 2.08 bits per heavy atom. The SMILES string of the molecule is O=C(Cc1cccc(F)c1)N1CCCC1c1nnc2n1CCCCC2. The number of hydrogen-bond donors (Lipinski definition) is 0. The van der Waals surface area contributed by atoms with Crippen LogP contribution in [0.4, 0.5) is 4.39 Å². The van der Waals surface area contributed by atoms with Crippen molar-refractivity contribution in [3.8, 4) is 0 Å². The van der Waals surface area contributed by atoms with E-state index in [0.717, 1.165) is 62.4 Å². The molecule has 3 heterocycles. The van der Waals surface area contributed by atoms with Gasteiger partial charge in [0, 0.05) is 19.5 Å². The van der Waals surface area contributed by atoms with Crippen LogP contribution in [0.2, 0.25) is 0 Å². The first-order chi connectivity index (χ1) is 12.2. The molecule has 1 aromatic carbocycles. The molecule has 0 saturated carbocycles. The number of likely N-dealkylation sites (tertiary alicyclic amines) is 1. The molecular weight excluding hydrogens is 319 g/mol. The molecule has 6 heteroatoms. The minimum absolute atomic E-state index is 0.000379. The lowest BCUT2D eigenvalue weighted by Crippen LogP contribution is -2.33. The van der Waals surface area contributed by atoms with Crippen molar-refractivity contribution >= 4 is 5.91 Å². The topological polar surface area (TPSA) is 51.0 Å². The minimum atomic E-state index is -0.300. The predicted molar refractivity (Wildman–Crippen MR) is 91.4 cm³/mol. The minimum Gasteiger partial charge on any atom is -0.332 e. The number of amides is 1. The summed E-state index contributed by atoms with van der Waals surface area (Å²) >= 11 is 0. The van der Waals surface area contributed by atoms with Crippen LogP contribution in [0.15, 0.2) is 24.3 Å². The lowest BCUT2D eigenvalue weighted by atomic mass is 10.1. The summed E-state index contributed by atoms with van der Waals surface area (Å²) in [4.78, 5) is 14.7. The van der Waals surface area contributed by atoms with Crippen LogP contribution in [0, 0.1) is 5.82 Å². The first-order valence-corrected chi connectivity index (χ1v) is 9.18. The Labute approximate surface area is 146 Å². The molecule has 0 aliphatic carbocycles. The van der Waals surface area contributed by atoms with Crippen molar-refractivity contribution in [2.45, 2.75) is 57.5 Å². The normalized spacial score (nSPS) is 20.4. The van der Waals surface area contributed by atoms with Gasteiger partial charge in [-0.05, 0) is 43.4 Å². The maximum atomic E-state index is 13.4. The molecule has 1 fully saturated rings. The van der Waals surface area contributed by atoms with Crippen LogP contribution in [-0.4, -0.2) is 32.1 Å². The van der Waals surface area contributed by atoms with Crippen molar-refractivity contribution < 1.29 is 9.18 Å². The van der Waals surface area contributed by atoms with Crippen LogP contribution in [0.3, 0.4) is 0 Å². The number of carbonyl (C=O) groups excluding carboxylic acids is 1. The maximum Gasteiger partial charge on any atom is 0.227 e. The molecular formula is C19H23FN4O. The Hall–Kier alpha value is -2.24. The van der Waals surface area contributed by atoms with Gasteiger partial charge in [-0.25, -0.2) is 4.39 Å². The van der Waals surface area contributed by atoms with Crippen LogP contribution in [-0.2, 0) is 24.2 Å². The Morgan fingerprint density at radius 1 is 1.16 bits per heavy atom. The van der Waals surface area contributed by atoms with Crippen molar-refractivity contribution in [2.24, 2.45) is 0 Å². The van der Waals surface area contributed by atoms with E-state index in [4.69, 9.17) is 0 Å². The summed E-state index contributed by atoms with van der Waals surface area (Å²) in [6.07, 6.45) is 6.61. The summed E-state index contributed by atoms with van der Waals surface area (Å²) in [6.45, 7) is 1.68. The number of fused-ring (bicyclic) bond motifs is 1. The second kappa shape index (κ2) is 6.94. The Balaban J connectivity index is 1.54. The lowest BCUT2D eigenvalue weighted by molar-refractivity contribution is -0.131. The van der Waals surface area contributed by atoms with Crippen LogP contribution in [0.25, 0.3) is 0 Å². The number of aromatic nitrogens is 3. The van der Waals surface area contributed by atoms with Crippen LogP contribution >= 0.6 is 0 Å². The molecule has 1 aromatic heterocycles. The van der Waals surface area contributed by atoms with Crippen molar-refractivity contribution in [3.63, 3.8) is 0 Å². The third-order valence-corrected chi connectivity index (χ3v) is 5.25. The number of rotatable bonds is 3. The maximum absolute atomic E-state index is 13.4. The molecule has 0 N–H and O–H groups in total. The fourth-order valence-electron chi connectivity index (χ4n) is 4.01. The summed E-state index contributed by atoms with van der Waals surface area (Å²) in [5.41, 5.74) is 0.718. The van der Waals surface area contributed by atoms with Crippen LogP contribution < -0.4 is 0 Å². The molecule has 2 aromatic rings. The van der Waals surface area contributed by atoms with Gasteiger partial charge >= 0.3 is 0 Å². The van der Waals surface area contributed by atoms with Gasteiger partial charge in [-0.2, -0.15) is 0 Å². The van der Waals surface area contributed by atoms with E-state index < -0.39 is 0 Å². The van der Waals surface area contributed by atoms with Crippen molar-refractivity contribution in [2.75, 3.05) is 6.54 Å². The average Bonchev–Trinajstić information content (AvgIpc) is 3.16. The van der Waals surface area contributed by atoms with E-state index in [0.29, 0.717) is 0 Å². The Morgan fingerprint density at radius 3 is 2.96 bits per heavy atom. The third-order valence-electron chi connectivity index (χ3n) is 5.25. The van der Waals surface area contributed by atoms with Crippen LogP contribution in [0.1, 0.15) is 55.4 Å². The fourth-order valence-corrected chi connectivity index (χ4v) is 4.01. The van der Waals surface area contributed by atoms with E-state index in [1.54, 1.807) is 12.1 Å². The van der Waals surface area contributed by atoms with Gasteiger partial charge in [-0.3, -0.25) is 4.79 Å². The highest BCUT2D eigenvalue weighted by Crippen LogP contribution is 2.32. The molecule has 2 aliphatic rings. The van der Waals surface area contributed by atoms with Gasteiger partial charge in [0.25, 0.3) is 0 Å². The number of hydrogen-bond acceptors (Lipinski definition) is 3. The summed E-state index contributed by atoms with van der Waals surface area (Å²) in [5, 5.41) is 8.81. The molecule has 1 saturated heterocycles. The van der Waals surface area contributed by atoms with E-state index in [-0.39, 0.29) is 24.2 Å². The molecule has 1 amide bonds. The molecule has 25 heavy (non-hydrogen) atoms. The summed E-state index contributed by atoms with van der Waals surface area (Å²) < 4.78 is 15.6. The third kappa shape index (κ3) is 3.30. The second-order valence-electron chi connectivity index (χ2n) is 6.99. The summed E-state index contributed by atoms with van der Waals surface area (Å²) in [5.74, 6) is 1.73. The number of nitrogens with zero attached hydrogens (tertiary/aromatic N) is 4. The predicted octanol–water partition coefficient (Wildman–Crippen LogP) is 3.05. The molecule has 0 radical (unpaired) electrons. The zero-order valence-corrected chi connectivity index (χ0v) is 14.3. The van der Waals surface area contributed by atoms with Gasteiger partial charge in [0.1, 0.15) is 11.6 Å². The monoisotopic (exact) mass is 342 g/mol. The van der Waals surface area contributed by atoms with Gasteiger partial charge in [-0.15, -0.1) is 10.2 Å². The van der Waals surface area contributed by atoms with Crippen molar-refractivity contribution in [3.05, 3.63) is 47.3 Å². The fraction of sp³-hybridized carbons (Fsp3) is 0.526. The van der Waals surface area contributed by atoms with Gasteiger partial charge < -0.3 is 9.47 Å². The molecule has 0 bridgehead atoms. The number of halogens is 1. The zero-order chi connectivity index (χ0) is 17.2. The first kappa shape index (κ1) is 16.2. The Bertz CT molecular complexity index is 773. The highest BCUT2D eigenvalue weighted by Gasteiger charge is 2.34. The largest absolute Gasteiger partial charge is 0.332 e. The first-order valence-electron chi connectivity index (χ1n) is 9.18. The summed E-state index contributed by atoms with van der Waals surface area (Å²) in [6, 6.07) is 6.29. The van der Waals surface area contributed by atoms with E-state index in [2.05, 4.69) is 14.8 Å². The highest BCUT2D eigenvalue weighted by atomic mass is 19.1. The highest BCUT2D eigenvalue weighted by molar-refractivity contribution is 5.79. The van der Waals surface area contributed by atoms with E-state index >= 15 is 0 Å². The van der Waals surface area contributed by atoms with Gasteiger partial charge in [-0.1, -0.05) is 18.6 Å². The number of aryl methyl sites for hydroxylation is 1. The average molecular weight is 342 g/mol. The molecule has 1 unspecified atom stereocenters. The standard InChI is InChI=1S/C19H23FN4O/c20-15-7-4-6-14(12-15)13-18(25)23-11-5-8-16(23)19-22-21-17-9-2-1-3-10-24(17)19/h4,6-7,12,16H,1-3,5,8-11,13H2. The number of carbonyl (C=O) groups is 1. The van der Waals surface area contributed by atoms with E-state index in [1.165, 1.54) is 18.6 Å². The van der Waals surface area contributed by atoms with Crippen molar-refractivity contribution in [1.82, 2.24) is 19.7 Å². The molecule has 1 atom stereocenters. The van der Waals surface area contributed by atoms with E-state index in [9.17, 15) is 9.18 Å². The van der Waals surface area contributed by atoms with Gasteiger partial charge in [0.15, 0.2) is 5.82 Å². The quantitative estimate of drug-likeness (QED) is 0.861. The molecule has 2 aliphatic heterocycles. The van der Waals surface area contributed by atoms with Gasteiger partial charge in [0.05, 0.1) is 12.5 Å². The van der Waals surface area contributed by atoms with E-state index in [1.807, 2.05) is 4.90 Å². The molecule has 5 nitrogen and oxygen atoms in total. The van der Waals surface area contributed by atoms with Crippen molar-refractivity contribution in [1.29, 1.82) is 0 Å². The number of benzene rings is 1. The lowest BCUT2D eigenvalue weighted by Gasteiger charge is -2.25. The second-order valence-corrected chi connectivity index (χ2v) is 6.99. The van der Waals surface area contributed by atoms with Crippen LogP contribution in [0.5, 0.6) is 0 Å². The Kier molecular flexibility index (Phi) is 4.51.